The molecule has 0 amide bonds. The van der Waals surface area contributed by atoms with Gasteiger partial charge in [0.05, 0.1) is 5.56 Å². The average Bonchev–Trinajstić information content (AvgIpc) is 2.60. The van der Waals surface area contributed by atoms with Gasteiger partial charge < -0.3 is 0 Å². The van der Waals surface area contributed by atoms with Crippen molar-refractivity contribution in [1.82, 2.24) is 0 Å². The second-order valence-corrected chi connectivity index (χ2v) is 9.95. The van der Waals surface area contributed by atoms with Gasteiger partial charge in [0, 0.05) is 0 Å². The molecule has 0 saturated heterocycles. The van der Waals surface area contributed by atoms with E-state index in [0.29, 0.717) is 5.56 Å². The molecular formula is C18H24O3Si. The van der Waals surface area contributed by atoms with Gasteiger partial charge in [-0.05, 0) is 25.0 Å². The number of hydrogen-bond acceptors (Lipinski definition) is 3. The van der Waals surface area contributed by atoms with E-state index < -0.39 is 14.0 Å². The van der Waals surface area contributed by atoms with Crippen molar-refractivity contribution in [2.45, 2.75) is 44.8 Å². The van der Waals surface area contributed by atoms with Gasteiger partial charge in [-0.1, -0.05) is 54.5 Å². The van der Waals surface area contributed by atoms with Gasteiger partial charge in [-0.25, -0.2) is 4.79 Å². The van der Waals surface area contributed by atoms with Gasteiger partial charge in [-0.3, -0.25) is 4.89 Å². The summed E-state index contributed by atoms with van der Waals surface area (Å²) < 4.78 is 0. The summed E-state index contributed by atoms with van der Waals surface area (Å²) >= 11 is 0. The summed E-state index contributed by atoms with van der Waals surface area (Å²) in [4.78, 5) is 22.3. The molecule has 1 saturated carbocycles. The summed E-state index contributed by atoms with van der Waals surface area (Å²) in [6.07, 6.45) is 5.51. The van der Waals surface area contributed by atoms with Crippen LogP contribution in [-0.4, -0.2) is 20.1 Å². The highest BCUT2D eigenvalue weighted by molar-refractivity contribution is 6.98. The molecule has 3 nitrogen and oxygen atoms in total. The summed E-state index contributed by atoms with van der Waals surface area (Å²) in [5, 5.41) is 1.17. The minimum atomic E-state index is -1.83. The van der Waals surface area contributed by atoms with Gasteiger partial charge in [0.1, 0.15) is 14.2 Å². The number of benzene rings is 1. The second-order valence-electron chi connectivity index (χ2n) is 6.00. The largest absolute Gasteiger partial charge is 0.373 e. The molecule has 1 aromatic rings. The van der Waals surface area contributed by atoms with E-state index in [-0.39, 0.29) is 6.10 Å². The molecule has 1 aliphatic rings. The van der Waals surface area contributed by atoms with Gasteiger partial charge in [-0.15, -0.1) is 13.2 Å². The zero-order chi connectivity index (χ0) is 16.0. The summed E-state index contributed by atoms with van der Waals surface area (Å²) in [5.41, 5.74) is 4.45. The first kappa shape index (κ1) is 16.7. The fourth-order valence-corrected chi connectivity index (χ4v) is 4.13. The molecule has 2 rings (SSSR count). The van der Waals surface area contributed by atoms with Crippen LogP contribution in [0.4, 0.5) is 0 Å². The van der Waals surface area contributed by atoms with E-state index in [9.17, 15) is 4.79 Å². The quantitative estimate of drug-likeness (QED) is 0.454. The number of carbonyl (C=O) groups excluding carboxylic acids is 1. The third-order valence-corrected chi connectivity index (χ3v) is 7.68. The Kier molecular flexibility index (Phi) is 5.74. The maximum Gasteiger partial charge on any atom is 0.373 e. The highest BCUT2D eigenvalue weighted by Crippen LogP contribution is 2.20. The summed E-state index contributed by atoms with van der Waals surface area (Å²) in [5.74, 6) is -0.433. The van der Waals surface area contributed by atoms with E-state index in [0.717, 1.165) is 25.7 Å². The Morgan fingerprint density at radius 1 is 1.14 bits per heavy atom. The van der Waals surface area contributed by atoms with Crippen molar-refractivity contribution in [2.24, 2.45) is 0 Å². The van der Waals surface area contributed by atoms with Crippen molar-refractivity contribution in [1.29, 1.82) is 0 Å². The predicted octanol–water partition coefficient (Wildman–Crippen LogP) is 3.84. The first-order chi connectivity index (χ1) is 10.6. The van der Waals surface area contributed by atoms with E-state index in [1.54, 1.807) is 12.1 Å². The van der Waals surface area contributed by atoms with Crippen LogP contribution >= 0.6 is 0 Å². The fourth-order valence-electron chi connectivity index (χ4n) is 2.61. The number of hydrogen-bond donors (Lipinski definition) is 0. The molecular weight excluding hydrogens is 292 g/mol. The van der Waals surface area contributed by atoms with Crippen molar-refractivity contribution in [2.75, 3.05) is 0 Å². The van der Waals surface area contributed by atoms with Gasteiger partial charge >= 0.3 is 5.97 Å². The Morgan fingerprint density at radius 3 is 2.27 bits per heavy atom. The van der Waals surface area contributed by atoms with Crippen molar-refractivity contribution < 1.29 is 14.6 Å². The van der Waals surface area contributed by atoms with E-state index in [1.807, 2.05) is 23.5 Å². The minimum Gasteiger partial charge on any atom is -0.293 e. The van der Waals surface area contributed by atoms with E-state index >= 15 is 0 Å². The number of carbonyl (C=O) groups is 1. The van der Waals surface area contributed by atoms with Gasteiger partial charge in [0.25, 0.3) is 0 Å². The van der Waals surface area contributed by atoms with Gasteiger partial charge in [-0.2, -0.15) is 4.89 Å². The smallest absolute Gasteiger partial charge is 0.293 e. The van der Waals surface area contributed by atoms with E-state index in [1.165, 1.54) is 11.6 Å². The van der Waals surface area contributed by atoms with Crippen LogP contribution in [-0.2, 0) is 9.78 Å². The molecule has 1 aromatic carbocycles. The summed E-state index contributed by atoms with van der Waals surface area (Å²) in [7, 11) is -1.83. The lowest BCUT2D eigenvalue weighted by molar-refractivity contribution is -0.279. The molecule has 0 unspecified atom stereocenters. The lowest BCUT2D eigenvalue weighted by Gasteiger charge is -2.20. The van der Waals surface area contributed by atoms with Gasteiger partial charge in [0.2, 0.25) is 0 Å². The highest BCUT2D eigenvalue weighted by Gasteiger charge is 2.22. The topological polar surface area (TPSA) is 35.5 Å². The molecule has 0 heterocycles. The molecule has 0 bridgehead atoms. The number of rotatable bonds is 6. The Labute approximate surface area is 133 Å². The third-order valence-electron chi connectivity index (χ3n) is 4.40. The first-order valence-electron chi connectivity index (χ1n) is 7.84. The Morgan fingerprint density at radius 2 is 1.73 bits per heavy atom. The predicted molar refractivity (Wildman–Crippen MR) is 91.5 cm³/mol. The van der Waals surface area contributed by atoms with Crippen LogP contribution in [0.5, 0.6) is 0 Å². The lowest BCUT2D eigenvalue weighted by atomic mass is 9.98. The normalized spacial score (nSPS) is 16.0. The molecule has 1 fully saturated rings. The first-order valence-corrected chi connectivity index (χ1v) is 10.5. The van der Waals surface area contributed by atoms with Crippen LogP contribution < -0.4 is 5.19 Å². The van der Waals surface area contributed by atoms with Crippen LogP contribution in [0.15, 0.2) is 48.8 Å². The maximum atomic E-state index is 12.0. The zero-order valence-corrected chi connectivity index (χ0v) is 14.2. The van der Waals surface area contributed by atoms with Crippen molar-refractivity contribution >= 4 is 19.2 Å². The maximum absolute atomic E-state index is 12.0. The molecule has 0 N–H and O–H groups in total. The molecule has 4 heteroatoms. The molecule has 118 valence electrons. The molecule has 0 atom stereocenters. The monoisotopic (exact) mass is 316 g/mol. The van der Waals surface area contributed by atoms with Crippen molar-refractivity contribution in [3.05, 3.63) is 54.4 Å². The Hall–Kier alpha value is -1.65. The molecule has 0 aliphatic heterocycles. The van der Waals surface area contributed by atoms with Gasteiger partial charge in [0.15, 0.2) is 0 Å². The SMILES string of the molecule is C=C[Si](C)(C=C)c1ccc(C(=O)OOC2CCCCC2)cc1. The second kappa shape index (κ2) is 7.56. The molecule has 22 heavy (non-hydrogen) atoms. The van der Waals surface area contributed by atoms with Crippen LogP contribution in [0, 0.1) is 0 Å². The minimum absolute atomic E-state index is 0.0502. The Bertz CT molecular complexity index is 522. The van der Waals surface area contributed by atoms with Crippen molar-refractivity contribution in [3.8, 4) is 0 Å². The highest BCUT2D eigenvalue weighted by atomic mass is 28.3. The van der Waals surface area contributed by atoms with Crippen LogP contribution in [0.2, 0.25) is 6.55 Å². The third kappa shape index (κ3) is 3.96. The van der Waals surface area contributed by atoms with Crippen LogP contribution in [0.3, 0.4) is 0 Å². The van der Waals surface area contributed by atoms with E-state index in [4.69, 9.17) is 9.78 Å². The molecule has 1 aliphatic carbocycles. The fraction of sp³-hybridized carbons (Fsp3) is 0.389. The molecule has 0 spiro atoms. The van der Waals surface area contributed by atoms with E-state index in [2.05, 4.69) is 19.7 Å². The zero-order valence-electron chi connectivity index (χ0n) is 13.2. The average molecular weight is 316 g/mol. The standard InChI is InChI=1S/C18H24O3Si/c1-4-22(3,5-2)17-13-11-15(12-14-17)18(19)21-20-16-9-7-6-8-10-16/h4-5,11-14,16H,1-2,6-10H2,3H3. The summed E-state index contributed by atoms with van der Waals surface area (Å²) in [6, 6.07) is 7.46. The molecule has 0 radical (unpaired) electrons. The van der Waals surface area contributed by atoms with Crippen LogP contribution in [0.1, 0.15) is 42.5 Å². The Balaban J connectivity index is 1.96. The lowest BCUT2D eigenvalue weighted by Crippen LogP contribution is -2.40. The van der Waals surface area contributed by atoms with Crippen LogP contribution in [0.25, 0.3) is 0 Å². The summed E-state index contributed by atoms with van der Waals surface area (Å²) in [6.45, 7) is 9.95. The molecule has 0 aromatic heterocycles. The van der Waals surface area contributed by atoms with Crippen molar-refractivity contribution in [3.63, 3.8) is 0 Å².